The van der Waals surface area contributed by atoms with Gasteiger partial charge in [-0.1, -0.05) is 0 Å². The molecule has 0 saturated carbocycles. The number of anilines is 1. The van der Waals surface area contributed by atoms with Gasteiger partial charge in [0.25, 0.3) is 0 Å². The Balaban J connectivity index is 2.84. The predicted molar refractivity (Wildman–Crippen MR) is 79.6 cm³/mol. The van der Waals surface area contributed by atoms with Crippen molar-refractivity contribution in [1.82, 2.24) is 5.32 Å². The largest absolute Gasteiger partial charge is 0.493 e. The van der Waals surface area contributed by atoms with E-state index in [-0.39, 0.29) is 6.54 Å². The first-order valence-electron chi connectivity index (χ1n) is 6.45. The van der Waals surface area contributed by atoms with Gasteiger partial charge in [0.05, 0.1) is 27.9 Å². The van der Waals surface area contributed by atoms with Crippen molar-refractivity contribution in [2.75, 3.05) is 46.9 Å². The number of carbonyl (C=O) groups excluding carboxylic acids is 2. The van der Waals surface area contributed by atoms with Gasteiger partial charge < -0.3 is 29.6 Å². The van der Waals surface area contributed by atoms with Crippen LogP contribution in [0.4, 0.5) is 5.69 Å². The van der Waals surface area contributed by atoms with E-state index in [1.165, 1.54) is 40.6 Å². The van der Waals surface area contributed by atoms with Crippen molar-refractivity contribution in [2.45, 2.75) is 0 Å². The standard InChI is InChI=1S/C14H20N2O6/c1-19-6-5-15-13(17)14(18)16-9-7-10(20-2)12(22-4)11(8-9)21-3/h7-8H,5-6H2,1-4H3,(H,15,17)(H,16,18). The molecular weight excluding hydrogens is 292 g/mol. The third-order valence-electron chi connectivity index (χ3n) is 2.72. The van der Waals surface area contributed by atoms with Gasteiger partial charge in [-0.3, -0.25) is 9.59 Å². The topological polar surface area (TPSA) is 95.1 Å². The van der Waals surface area contributed by atoms with Crippen molar-refractivity contribution in [3.05, 3.63) is 12.1 Å². The number of ether oxygens (including phenoxy) is 4. The summed E-state index contributed by atoms with van der Waals surface area (Å²) in [5.41, 5.74) is 0.349. The van der Waals surface area contributed by atoms with Crippen LogP contribution >= 0.6 is 0 Å². The molecule has 0 fully saturated rings. The summed E-state index contributed by atoms with van der Waals surface area (Å²) >= 11 is 0. The molecular formula is C14H20N2O6. The number of hydrogen-bond acceptors (Lipinski definition) is 6. The van der Waals surface area contributed by atoms with Crippen LogP contribution in [0.5, 0.6) is 17.2 Å². The van der Waals surface area contributed by atoms with Crippen LogP contribution in [0.2, 0.25) is 0 Å². The van der Waals surface area contributed by atoms with Crippen molar-refractivity contribution < 1.29 is 28.5 Å². The molecule has 8 nitrogen and oxygen atoms in total. The first-order chi connectivity index (χ1) is 10.6. The summed E-state index contributed by atoms with van der Waals surface area (Å²) in [6, 6.07) is 3.06. The molecule has 1 aromatic rings. The van der Waals surface area contributed by atoms with Crippen molar-refractivity contribution in [2.24, 2.45) is 0 Å². The summed E-state index contributed by atoms with van der Waals surface area (Å²) in [5.74, 6) is -0.419. The Kier molecular flexibility index (Phi) is 6.97. The summed E-state index contributed by atoms with van der Waals surface area (Å²) < 4.78 is 20.3. The number of amides is 2. The smallest absolute Gasteiger partial charge is 0.313 e. The van der Waals surface area contributed by atoms with E-state index in [2.05, 4.69) is 10.6 Å². The lowest BCUT2D eigenvalue weighted by Gasteiger charge is -2.14. The quantitative estimate of drug-likeness (QED) is 0.559. The van der Waals surface area contributed by atoms with Crippen LogP contribution in [0.1, 0.15) is 0 Å². The molecule has 0 radical (unpaired) electrons. The zero-order valence-electron chi connectivity index (χ0n) is 13.0. The molecule has 2 N–H and O–H groups in total. The second-order valence-electron chi connectivity index (χ2n) is 4.12. The lowest BCUT2D eigenvalue weighted by Crippen LogP contribution is -2.37. The maximum Gasteiger partial charge on any atom is 0.313 e. The Morgan fingerprint density at radius 3 is 2.00 bits per heavy atom. The molecule has 0 bridgehead atoms. The summed E-state index contributed by atoms with van der Waals surface area (Å²) in [6.07, 6.45) is 0. The fraction of sp³-hybridized carbons (Fsp3) is 0.429. The lowest BCUT2D eigenvalue weighted by molar-refractivity contribution is -0.136. The zero-order valence-corrected chi connectivity index (χ0v) is 13.0. The van der Waals surface area contributed by atoms with E-state index in [0.717, 1.165) is 0 Å². The van der Waals surface area contributed by atoms with E-state index in [1.54, 1.807) is 0 Å². The summed E-state index contributed by atoms with van der Waals surface area (Å²) in [6.45, 7) is 0.571. The fourth-order valence-corrected chi connectivity index (χ4v) is 1.69. The highest BCUT2D eigenvalue weighted by molar-refractivity contribution is 6.39. The third-order valence-corrected chi connectivity index (χ3v) is 2.72. The number of carbonyl (C=O) groups is 2. The number of nitrogens with one attached hydrogen (secondary N) is 2. The molecule has 0 spiro atoms. The SMILES string of the molecule is COCCNC(=O)C(=O)Nc1cc(OC)c(OC)c(OC)c1. The maximum absolute atomic E-state index is 11.8. The Bertz CT molecular complexity index is 507. The van der Waals surface area contributed by atoms with Crippen molar-refractivity contribution in [3.63, 3.8) is 0 Å². The van der Waals surface area contributed by atoms with Crippen molar-refractivity contribution >= 4 is 17.5 Å². The molecule has 8 heteroatoms. The molecule has 0 saturated heterocycles. The Morgan fingerprint density at radius 1 is 0.955 bits per heavy atom. The average Bonchev–Trinajstić information content (AvgIpc) is 2.53. The Morgan fingerprint density at radius 2 is 1.55 bits per heavy atom. The van der Waals surface area contributed by atoms with E-state index in [1.807, 2.05) is 0 Å². The van der Waals surface area contributed by atoms with Crippen molar-refractivity contribution in [1.29, 1.82) is 0 Å². The molecule has 0 aliphatic rings. The van der Waals surface area contributed by atoms with E-state index in [4.69, 9.17) is 18.9 Å². The first-order valence-corrected chi connectivity index (χ1v) is 6.45. The van der Waals surface area contributed by atoms with Gasteiger partial charge in [-0.15, -0.1) is 0 Å². The maximum atomic E-state index is 11.8. The minimum atomic E-state index is -0.801. The molecule has 0 aromatic heterocycles. The van der Waals surface area contributed by atoms with Crippen LogP contribution in [-0.2, 0) is 14.3 Å². The summed E-state index contributed by atoms with van der Waals surface area (Å²) in [5, 5.41) is 4.88. The highest BCUT2D eigenvalue weighted by Gasteiger charge is 2.17. The van der Waals surface area contributed by atoms with Gasteiger partial charge in [-0.05, 0) is 0 Å². The molecule has 0 heterocycles. The Labute approximate surface area is 128 Å². The van der Waals surface area contributed by atoms with Crippen LogP contribution in [-0.4, -0.2) is 53.4 Å². The van der Waals surface area contributed by atoms with Gasteiger partial charge in [0.1, 0.15) is 0 Å². The van der Waals surface area contributed by atoms with Crippen LogP contribution in [0.25, 0.3) is 0 Å². The van der Waals surface area contributed by atoms with Crippen LogP contribution in [0.3, 0.4) is 0 Å². The van der Waals surface area contributed by atoms with Gasteiger partial charge >= 0.3 is 11.8 Å². The average molecular weight is 312 g/mol. The zero-order chi connectivity index (χ0) is 16.5. The second-order valence-corrected chi connectivity index (χ2v) is 4.12. The van der Waals surface area contributed by atoms with Crippen molar-refractivity contribution in [3.8, 4) is 17.2 Å². The van der Waals surface area contributed by atoms with Gasteiger partial charge in [0, 0.05) is 31.5 Å². The molecule has 2 amide bonds. The molecule has 0 aliphatic carbocycles. The van der Waals surface area contributed by atoms with E-state index < -0.39 is 11.8 Å². The highest BCUT2D eigenvalue weighted by atomic mass is 16.5. The fourth-order valence-electron chi connectivity index (χ4n) is 1.69. The monoisotopic (exact) mass is 312 g/mol. The Hall–Kier alpha value is -2.48. The van der Waals surface area contributed by atoms with E-state index >= 15 is 0 Å². The van der Waals surface area contributed by atoms with Crippen LogP contribution < -0.4 is 24.8 Å². The molecule has 122 valence electrons. The number of rotatable bonds is 7. The third kappa shape index (κ3) is 4.52. The molecule has 0 atom stereocenters. The van der Waals surface area contributed by atoms with Gasteiger partial charge in [-0.25, -0.2) is 0 Å². The highest BCUT2D eigenvalue weighted by Crippen LogP contribution is 2.39. The van der Waals surface area contributed by atoms with E-state index in [0.29, 0.717) is 29.5 Å². The number of benzene rings is 1. The van der Waals surface area contributed by atoms with Crippen LogP contribution in [0.15, 0.2) is 12.1 Å². The minimum absolute atomic E-state index is 0.248. The number of hydrogen-bond donors (Lipinski definition) is 2. The normalized spacial score (nSPS) is 9.82. The predicted octanol–water partition coefficient (Wildman–Crippen LogP) is 0.413. The van der Waals surface area contributed by atoms with Gasteiger partial charge in [0.2, 0.25) is 5.75 Å². The summed E-state index contributed by atoms with van der Waals surface area (Å²) in [7, 11) is 5.89. The second kappa shape index (κ2) is 8.73. The van der Waals surface area contributed by atoms with E-state index in [9.17, 15) is 9.59 Å². The van der Waals surface area contributed by atoms with Gasteiger partial charge in [-0.2, -0.15) is 0 Å². The minimum Gasteiger partial charge on any atom is -0.493 e. The molecule has 22 heavy (non-hydrogen) atoms. The molecule has 1 aromatic carbocycles. The molecule has 0 aliphatic heterocycles. The lowest BCUT2D eigenvalue weighted by atomic mass is 10.2. The molecule has 0 unspecified atom stereocenters. The number of methoxy groups -OCH3 is 4. The molecule has 1 rings (SSSR count). The van der Waals surface area contributed by atoms with Gasteiger partial charge in [0.15, 0.2) is 11.5 Å². The first kappa shape index (κ1) is 17.6. The summed E-state index contributed by atoms with van der Waals surface area (Å²) in [4.78, 5) is 23.4. The van der Waals surface area contributed by atoms with Crippen LogP contribution in [0, 0.1) is 0 Å².